The van der Waals surface area contributed by atoms with Gasteiger partial charge in [-0.25, -0.2) is 0 Å². The topological polar surface area (TPSA) is 104 Å². The van der Waals surface area contributed by atoms with E-state index in [2.05, 4.69) is 208 Å². The molecule has 11 aromatic carbocycles. The zero-order valence-corrected chi connectivity index (χ0v) is 40.6. The highest BCUT2D eigenvalue weighted by atomic mass is 16.6. The fourth-order valence-corrected chi connectivity index (χ4v) is 11.3. The molecule has 3 heterocycles. The molecule has 14 rings (SSSR count). The second-order valence-electron chi connectivity index (χ2n) is 19.0. The molecule has 0 bridgehead atoms. The summed E-state index contributed by atoms with van der Waals surface area (Å²) in [6.45, 7) is 0. The first-order valence-electron chi connectivity index (χ1n) is 25.0. The lowest BCUT2D eigenvalue weighted by Crippen LogP contribution is -2.10. The van der Waals surface area contributed by atoms with Gasteiger partial charge in [-0.15, -0.1) is 0 Å². The maximum absolute atomic E-state index is 11.6. The Hall–Kier alpha value is -10.6. The number of benzene rings is 11. The molecule has 10 nitrogen and oxygen atoms in total. The second kappa shape index (κ2) is 17.6. The quantitative estimate of drug-likeness (QED) is 0.100. The van der Waals surface area contributed by atoms with Crippen molar-refractivity contribution in [1.29, 1.82) is 0 Å². The highest BCUT2D eigenvalue weighted by molar-refractivity contribution is 6.13. The van der Waals surface area contributed by atoms with Crippen LogP contribution >= 0.6 is 0 Å². The first-order valence-corrected chi connectivity index (χ1v) is 25.0. The van der Waals surface area contributed by atoms with Crippen LogP contribution in [0.25, 0.3) is 105 Å². The molecule has 0 fully saturated rings. The van der Waals surface area contributed by atoms with Crippen LogP contribution in [-0.2, 0) is 0 Å². The van der Waals surface area contributed by atoms with E-state index in [0.29, 0.717) is 11.4 Å². The van der Waals surface area contributed by atoms with Gasteiger partial charge in [0, 0.05) is 90.7 Å². The monoisotopic (exact) mass is 982 g/mol. The number of rotatable bonds is 10. The number of non-ortho nitro benzene ring substituents is 2. The van der Waals surface area contributed by atoms with E-state index in [0.717, 1.165) is 66.8 Å². The molecule has 0 unspecified atom stereocenters. The van der Waals surface area contributed by atoms with Crippen LogP contribution in [0.1, 0.15) is 0 Å². The Morgan fingerprint density at radius 1 is 0.276 bits per heavy atom. The van der Waals surface area contributed by atoms with E-state index in [1.54, 1.807) is 24.3 Å². The fourth-order valence-electron chi connectivity index (χ4n) is 11.3. The van der Waals surface area contributed by atoms with Gasteiger partial charge in [0.1, 0.15) is 0 Å². The smallest absolute Gasteiger partial charge is 0.269 e. The van der Waals surface area contributed by atoms with Crippen molar-refractivity contribution in [3.8, 4) is 39.3 Å². The number of nitro groups is 2. The lowest BCUT2D eigenvalue weighted by molar-refractivity contribution is -0.385. The summed E-state index contributed by atoms with van der Waals surface area (Å²) >= 11 is 0. The molecular formula is C66H42N6O4. The summed E-state index contributed by atoms with van der Waals surface area (Å²) in [5.41, 5.74) is 16.3. The van der Waals surface area contributed by atoms with Gasteiger partial charge in [-0.05, 0) is 144 Å². The Balaban J connectivity index is 0.886. The third-order valence-corrected chi connectivity index (χ3v) is 14.8. The summed E-state index contributed by atoms with van der Waals surface area (Å²) < 4.78 is 6.97. The molecule has 10 heteroatoms. The van der Waals surface area contributed by atoms with Gasteiger partial charge in [0.2, 0.25) is 0 Å². The molecule has 76 heavy (non-hydrogen) atoms. The number of aromatic nitrogens is 3. The van der Waals surface area contributed by atoms with Crippen molar-refractivity contribution in [2.75, 3.05) is 4.90 Å². The van der Waals surface area contributed by atoms with E-state index in [9.17, 15) is 20.2 Å². The highest BCUT2D eigenvalue weighted by Gasteiger charge is 2.20. The SMILES string of the molecule is O=[N+]([O-])c1ccc(N(c2ccc(-n3c4ccc(-c5ccc(-n6c7ccccc7c7ccccc76)cc5)cc4c4cc(-c5ccc(-n6c7ccccc7c7ccccc76)cc5)ccc43)cc2)c2ccc([N+](=O)[O-])cc2)cc1. The summed E-state index contributed by atoms with van der Waals surface area (Å²) in [7, 11) is 0. The summed E-state index contributed by atoms with van der Waals surface area (Å²) in [6.07, 6.45) is 0. The molecular weight excluding hydrogens is 941 g/mol. The Kier molecular flexibility index (Phi) is 10.2. The predicted molar refractivity (Wildman–Crippen MR) is 308 cm³/mol. The molecule has 0 radical (unpaired) electrons. The average Bonchev–Trinajstić information content (AvgIpc) is 4.12. The van der Waals surface area contributed by atoms with Crippen LogP contribution in [0, 0.1) is 20.2 Å². The molecule has 0 aliphatic carbocycles. The molecule has 0 spiro atoms. The van der Waals surface area contributed by atoms with Gasteiger partial charge in [-0.2, -0.15) is 0 Å². The maximum atomic E-state index is 11.6. The van der Waals surface area contributed by atoms with Gasteiger partial charge in [0.05, 0.1) is 42.9 Å². The van der Waals surface area contributed by atoms with Gasteiger partial charge < -0.3 is 18.6 Å². The third-order valence-electron chi connectivity index (χ3n) is 14.8. The first-order chi connectivity index (χ1) is 37.3. The van der Waals surface area contributed by atoms with Gasteiger partial charge in [-0.3, -0.25) is 20.2 Å². The van der Waals surface area contributed by atoms with E-state index < -0.39 is 9.85 Å². The highest BCUT2D eigenvalue weighted by Crippen LogP contribution is 2.41. The lowest BCUT2D eigenvalue weighted by atomic mass is 10.00. The third kappa shape index (κ3) is 7.19. The van der Waals surface area contributed by atoms with Gasteiger partial charge in [0.25, 0.3) is 11.4 Å². The summed E-state index contributed by atoms with van der Waals surface area (Å²) in [5.74, 6) is 0. The minimum Gasteiger partial charge on any atom is -0.310 e. The zero-order valence-electron chi connectivity index (χ0n) is 40.6. The normalized spacial score (nSPS) is 11.6. The Labute approximate surface area is 434 Å². The van der Waals surface area contributed by atoms with Gasteiger partial charge in [-0.1, -0.05) is 109 Å². The minimum absolute atomic E-state index is 0.0340. The first kappa shape index (κ1) is 44.1. The Bertz CT molecular complexity index is 4230. The molecule has 14 aromatic rings. The van der Waals surface area contributed by atoms with Crippen molar-refractivity contribution >= 4 is 93.9 Å². The lowest BCUT2D eigenvalue weighted by Gasteiger charge is -2.25. The molecule has 0 saturated heterocycles. The van der Waals surface area contributed by atoms with Gasteiger partial charge >= 0.3 is 0 Å². The number of para-hydroxylation sites is 4. The van der Waals surface area contributed by atoms with Crippen molar-refractivity contribution in [3.63, 3.8) is 0 Å². The minimum atomic E-state index is -0.431. The standard InChI is InChI=1S/C66H42N6O4/c73-71(74)53-35-31-48(32-36-53)67(49-33-37-54(38-34-49)72(75)76)47-27-29-52(30-28-47)70-65-39-21-45(43-17-23-50(24-18-43)68-61-13-5-1-9-55(61)56-10-2-6-14-62(56)68)41-59(65)60-42-46(22-40-66(60)70)44-19-25-51(26-20-44)69-63-15-7-3-11-57(63)58-12-4-8-16-64(58)69/h1-42H. The van der Waals surface area contributed by atoms with Crippen molar-refractivity contribution in [2.24, 2.45) is 0 Å². The molecule has 360 valence electrons. The Morgan fingerprint density at radius 2 is 0.539 bits per heavy atom. The number of nitrogens with zero attached hydrogens (tertiary/aromatic N) is 6. The molecule has 0 atom stereocenters. The molecule has 0 amide bonds. The van der Waals surface area contributed by atoms with Crippen molar-refractivity contribution in [1.82, 2.24) is 13.7 Å². The largest absolute Gasteiger partial charge is 0.310 e. The van der Waals surface area contributed by atoms with E-state index >= 15 is 0 Å². The van der Waals surface area contributed by atoms with E-state index in [-0.39, 0.29) is 11.4 Å². The number of hydrogen-bond donors (Lipinski definition) is 0. The van der Waals surface area contributed by atoms with Crippen LogP contribution in [0.4, 0.5) is 28.4 Å². The zero-order chi connectivity index (χ0) is 51.0. The van der Waals surface area contributed by atoms with Crippen LogP contribution in [0.5, 0.6) is 0 Å². The number of anilines is 3. The van der Waals surface area contributed by atoms with Crippen molar-refractivity contribution in [2.45, 2.75) is 0 Å². The summed E-state index contributed by atoms with van der Waals surface area (Å²) in [6, 6.07) is 86.1. The van der Waals surface area contributed by atoms with Crippen molar-refractivity contribution < 1.29 is 9.85 Å². The Morgan fingerprint density at radius 3 is 0.855 bits per heavy atom. The molecule has 0 aliphatic rings. The van der Waals surface area contributed by atoms with Crippen LogP contribution in [0.3, 0.4) is 0 Å². The van der Waals surface area contributed by atoms with Crippen LogP contribution < -0.4 is 4.90 Å². The van der Waals surface area contributed by atoms with Crippen LogP contribution in [0.15, 0.2) is 255 Å². The number of fused-ring (bicyclic) bond motifs is 9. The number of nitro benzene ring substituents is 2. The second-order valence-corrected chi connectivity index (χ2v) is 19.0. The molecule has 0 N–H and O–H groups in total. The van der Waals surface area contributed by atoms with Crippen LogP contribution in [0.2, 0.25) is 0 Å². The molecule has 0 aliphatic heterocycles. The van der Waals surface area contributed by atoms with Crippen LogP contribution in [-0.4, -0.2) is 23.5 Å². The fraction of sp³-hybridized carbons (Fsp3) is 0. The summed E-state index contributed by atoms with van der Waals surface area (Å²) in [4.78, 5) is 24.3. The van der Waals surface area contributed by atoms with Crippen molar-refractivity contribution in [3.05, 3.63) is 275 Å². The number of hydrogen-bond acceptors (Lipinski definition) is 5. The van der Waals surface area contributed by atoms with Gasteiger partial charge in [0.15, 0.2) is 0 Å². The maximum Gasteiger partial charge on any atom is 0.269 e. The molecule has 3 aromatic heterocycles. The predicted octanol–water partition coefficient (Wildman–Crippen LogP) is 17.6. The van der Waals surface area contributed by atoms with E-state index in [4.69, 9.17) is 0 Å². The van der Waals surface area contributed by atoms with E-state index in [1.165, 1.54) is 67.9 Å². The average molecular weight is 983 g/mol. The summed E-state index contributed by atoms with van der Waals surface area (Å²) in [5, 5.41) is 30.3. The van der Waals surface area contributed by atoms with E-state index in [1.807, 2.05) is 17.0 Å². The molecule has 0 saturated carbocycles.